The predicted octanol–water partition coefficient (Wildman–Crippen LogP) is 5.30. The van der Waals surface area contributed by atoms with Crippen LogP contribution >= 0.6 is 11.6 Å². The number of fused-ring (bicyclic) bond motifs is 18. The molecular weight excluding hydrogens is 662 g/mol. The van der Waals surface area contributed by atoms with Crippen molar-refractivity contribution in [2.75, 3.05) is 0 Å². The first kappa shape index (κ1) is 40.0. The van der Waals surface area contributed by atoms with Crippen LogP contribution in [0, 0.1) is 24.7 Å². The van der Waals surface area contributed by atoms with Gasteiger partial charge in [0.1, 0.15) is 16.5 Å². The fourth-order valence-corrected chi connectivity index (χ4v) is 5.73. The number of hydrogen-bond donors (Lipinski definition) is 5. The summed E-state index contributed by atoms with van der Waals surface area (Å²) in [6.07, 6.45) is 12.2. The molecule has 1 aromatic carbocycles. The number of ketones is 4. The Hall–Kier alpha value is -4.48. The van der Waals surface area contributed by atoms with E-state index >= 15 is 0 Å². The van der Waals surface area contributed by atoms with Gasteiger partial charge < -0.3 is 25.7 Å². The zero-order valence-electron chi connectivity index (χ0n) is 28.9. The number of carbonyl (C=O) groups excluding carboxylic acids is 5. The first-order valence-electron chi connectivity index (χ1n) is 16.3. The molecule has 4 bridgehead atoms. The SMILES string of the molecule is C/C1=C/CC(O)/C=C/C(C)C(O)C(C)/C=C(\C)C(=O)c2c(O)c(C)cc3c2C(=O)C(Cl)=C(NC(=O)\C=C/C=C/C=C\C(C)C(O)CC1=O)C3=O. The van der Waals surface area contributed by atoms with E-state index in [0.717, 1.165) is 6.08 Å². The van der Waals surface area contributed by atoms with Crippen LogP contribution < -0.4 is 5.32 Å². The van der Waals surface area contributed by atoms with Crippen molar-refractivity contribution in [2.24, 2.45) is 17.8 Å². The molecule has 6 atom stereocenters. The Morgan fingerprint density at radius 3 is 2.10 bits per heavy atom. The Labute approximate surface area is 296 Å². The number of nitrogens with one attached hydrogen (secondary N) is 1. The normalized spacial score (nSPS) is 31.4. The van der Waals surface area contributed by atoms with Crippen LogP contribution in [0.5, 0.6) is 5.75 Å². The monoisotopic (exact) mass is 705 g/mol. The van der Waals surface area contributed by atoms with Crippen molar-refractivity contribution in [3.63, 3.8) is 0 Å². The number of phenols is 1. The van der Waals surface area contributed by atoms with Gasteiger partial charge in [-0.15, -0.1) is 0 Å². The van der Waals surface area contributed by atoms with Gasteiger partial charge in [-0.05, 0) is 50.0 Å². The van der Waals surface area contributed by atoms with Gasteiger partial charge in [0.15, 0.2) is 11.6 Å². The summed E-state index contributed by atoms with van der Waals surface area (Å²) in [6, 6.07) is 1.25. The fraction of sp³-hybridized carbons (Fsp3) is 0.359. The number of aryl methyl sites for hydroxylation is 1. The Balaban J connectivity index is 2.05. The molecule has 0 saturated carbocycles. The second kappa shape index (κ2) is 17.4. The molecule has 266 valence electrons. The van der Waals surface area contributed by atoms with E-state index in [4.69, 9.17) is 11.6 Å². The highest BCUT2D eigenvalue weighted by Crippen LogP contribution is 2.37. The minimum absolute atomic E-state index is 0.0807. The largest absolute Gasteiger partial charge is 0.507 e. The highest BCUT2D eigenvalue weighted by atomic mass is 35.5. The average Bonchev–Trinajstić information content (AvgIpc) is 3.07. The van der Waals surface area contributed by atoms with Crippen molar-refractivity contribution in [3.8, 4) is 5.75 Å². The number of phenolic OH excluding ortho intramolecular Hbond substituents is 1. The summed E-state index contributed by atoms with van der Waals surface area (Å²) < 4.78 is 0. The van der Waals surface area contributed by atoms with Crippen molar-refractivity contribution in [3.05, 3.63) is 111 Å². The average molecular weight is 706 g/mol. The molecule has 50 heavy (non-hydrogen) atoms. The van der Waals surface area contributed by atoms with Crippen molar-refractivity contribution in [1.29, 1.82) is 0 Å². The molecular formula is C39H44ClNO9. The van der Waals surface area contributed by atoms with Crippen molar-refractivity contribution >= 4 is 40.6 Å². The summed E-state index contributed by atoms with van der Waals surface area (Å²) >= 11 is 6.31. The van der Waals surface area contributed by atoms with Crippen LogP contribution in [0.4, 0.5) is 0 Å². The summed E-state index contributed by atoms with van der Waals surface area (Å²) in [5.41, 5.74) is -0.886. The van der Waals surface area contributed by atoms with Crippen LogP contribution in [0.1, 0.15) is 84.1 Å². The van der Waals surface area contributed by atoms with E-state index < -0.39 is 81.0 Å². The van der Waals surface area contributed by atoms with Crippen molar-refractivity contribution in [1.82, 2.24) is 5.32 Å². The Morgan fingerprint density at radius 2 is 1.42 bits per heavy atom. The maximum Gasteiger partial charge on any atom is 0.248 e. The van der Waals surface area contributed by atoms with Gasteiger partial charge in [0.05, 0.1) is 23.9 Å². The third kappa shape index (κ3) is 9.60. The third-order valence-corrected chi connectivity index (χ3v) is 9.13. The maximum absolute atomic E-state index is 13.8. The van der Waals surface area contributed by atoms with E-state index in [1.807, 2.05) is 0 Å². The second-order valence-corrected chi connectivity index (χ2v) is 13.2. The lowest BCUT2D eigenvalue weighted by atomic mass is 9.83. The number of allylic oxidation sites excluding steroid dienone is 8. The number of aliphatic hydroxyl groups excluding tert-OH is 3. The number of rotatable bonds is 0. The molecule has 4 rings (SSSR count). The molecule has 0 spiro atoms. The number of aliphatic hydroxyl groups is 3. The number of aromatic hydroxyl groups is 1. The zero-order chi connectivity index (χ0) is 37.4. The zero-order valence-corrected chi connectivity index (χ0v) is 29.7. The summed E-state index contributed by atoms with van der Waals surface area (Å²) in [6.45, 7) is 9.66. The molecule has 6 unspecified atom stereocenters. The molecule has 10 nitrogen and oxygen atoms in total. The van der Waals surface area contributed by atoms with Crippen LogP contribution in [-0.2, 0) is 9.59 Å². The molecule has 0 fully saturated rings. The predicted molar refractivity (Wildman–Crippen MR) is 191 cm³/mol. The molecule has 2 aliphatic heterocycles. The smallest absolute Gasteiger partial charge is 0.248 e. The number of halogens is 1. The van der Waals surface area contributed by atoms with Gasteiger partial charge in [0.2, 0.25) is 17.5 Å². The fourth-order valence-electron chi connectivity index (χ4n) is 5.51. The Morgan fingerprint density at radius 1 is 0.760 bits per heavy atom. The van der Waals surface area contributed by atoms with Gasteiger partial charge in [-0.1, -0.05) is 87.1 Å². The molecule has 0 radical (unpaired) electrons. The third-order valence-electron chi connectivity index (χ3n) is 8.77. The van der Waals surface area contributed by atoms with Crippen LogP contribution in [0.15, 0.2) is 88.7 Å². The van der Waals surface area contributed by atoms with Crippen LogP contribution in [0.2, 0.25) is 0 Å². The molecule has 5 N–H and O–H groups in total. The summed E-state index contributed by atoms with van der Waals surface area (Å²) in [7, 11) is 0. The molecule has 1 aliphatic carbocycles. The number of hydrogen-bond acceptors (Lipinski definition) is 9. The van der Waals surface area contributed by atoms with Gasteiger partial charge in [-0.25, -0.2) is 0 Å². The standard InChI is InChI=1S/C39H44ClNO9/c1-20-11-9-7-8-10-12-30(45)41-34-33(40)39(50)31-27(38(34)49)18-25(6)37(48)32(31)36(47)24(5)17-23(4)35(46)22(3)14-16-26(42)15-13-21(2)29(44)19-28(20)43/h7-14,16-18,20,22-23,26,28,35,42-43,46,48H,15,19H2,1-6H3,(H,41,45)/b8-7+,11-9-,12-10-,16-14+,21-13-,24-17+. The van der Waals surface area contributed by atoms with Gasteiger partial charge >= 0.3 is 0 Å². The van der Waals surface area contributed by atoms with E-state index in [1.54, 1.807) is 58.1 Å². The Bertz CT molecular complexity index is 1770. The summed E-state index contributed by atoms with van der Waals surface area (Å²) in [5.74, 6) is -5.52. The minimum atomic E-state index is -1.01. The topological polar surface area (TPSA) is 178 Å². The van der Waals surface area contributed by atoms with Gasteiger partial charge in [-0.2, -0.15) is 0 Å². The molecule has 3 aliphatic rings. The van der Waals surface area contributed by atoms with Crippen LogP contribution in [-0.4, -0.2) is 67.8 Å². The lowest BCUT2D eigenvalue weighted by Crippen LogP contribution is -2.33. The first-order valence-corrected chi connectivity index (χ1v) is 16.7. The molecule has 11 heteroatoms. The first-order chi connectivity index (χ1) is 23.5. The van der Waals surface area contributed by atoms with E-state index in [9.17, 15) is 44.4 Å². The van der Waals surface area contributed by atoms with Gasteiger partial charge in [-0.3, -0.25) is 24.0 Å². The summed E-state index contributed by atoms with van der Waals surface area (Å²) in [5, 5.41) is 44.7. The van der Waals surface area contributed by atoms with E-state index in [2.05, 4.69) is 5.32 Å². The minimum Gasteiger partial charge on any atom is -0.507 e. The van der Waals surface area contributed by atoms with Crippen LogP contribution in [0.25, 0.3) is 0 Å². The quantitative estimate of drug-likeness (QED) is 0.224. The van der Waals surface area contributed by atoms with E-state index in [1.165, 1.54) is 44.2 Å². The molecule has 0 saturated heterocycles. The van der Waals surface area contributed by atoms with E-state index in [-0.39, 0.29) is 41.2 Å². The van der Waals surface area contributed by atoms with Gasteiger partial charge in [0, 0.05) is 41.4 Å². The number of carbonyl (C=O) groups is 5. The van der Waals surface area contributed by atoms with Crippen molar-refractivity contribution < 1.29 is 44.4 Å². The van der Waals surface area contributed by atoms with E-state index in [0.29, 0.717) is 5.57 Å². The highest BCUT2D eigenvalue weighted by Gasteiger charge is 2.38. The Kier molecular flexibility index (Phi) is 13.9. The number of amides is 1. The van der Waals surface area contributed by atoms with Gasteiger partial charge in [0.25, 0.3) is 0 Å². The summed E-state index contributed by atoms with van der Waals surface area (Å²) in [4.78, 5) is 66.2. The molecule has 0 aromatic heterocycles. The van der Waals surface area contributed by atoms with Crippen LogP contribution in [0.3, 0.4) is 0 Å². The lowest BCUT2D eigenvalue weighted by Gasteiger charge is -2.23. The highest BCUT2D eigenvalue weighted by molar-refractivity contribution is 6.51. The lowest BCUT2D eigenvalue weighted by molar-refractivity contribution is -0.118. The maximum atomic E-state index is 13.8. The van der Waals surface area contributed by atoms with Crippen molar-refractivity contribution in [2.45, 2.75) is 72.7 Å². The number of benzene rings is 1. The molecule has 1 aromatic rings. The molecule has 2 heterocycles. The molecule has 1 amide bonds. The number of Topliss-reactive ketones (excluding diaryl/α,β-unsaturated/α-hetero) is 4. The second-order valence-electron chi connectivity index (χ2n) is 12.8.